The number of aliphatic hydroxyl groups excluding tert-OH is 1. The van der Waals surface area contributed by atoms with Gasteiger partial charge in [-0.25, -0.2) is 0 Å². The summed E-state index contributed by atoms with van der Waals surface area (Å²) in [5.74, 6) is 0.660. The van der Waals surface area contributed by atoms with E-state index < -0.39 is 40.2 Å². The van der Waals surface area contributed by atoms with Gasteiger partial charge in [-0.05, 0) is 135 Å². The van der Waals surface area contributed by atoms with Gasteiger partial charge in [-0.3, -0.25) is 0 Å². The van der Waals surface area contributed by atoms with Crippen molar-refractivity contribution in [3.63, 3.8) is 0 Å². The highest BCUT2D eigenvalue weighted by atomic mass is 16.8. The van der Waals surface area contributed by atoms with Crippen molar-refractivity contribution < 1.29 is 33.9 Å². The number of fused-ring (bicyclic) bond motifs is 12. The van der Waals surface area contributed by atoms with Crippen LogP contribution in [0.1, 0.15) is 123 Å². The lowest BCUT2D eigenvalue weighted by Gasteiger charge is -2.66. The summed E-state index contributed by atoms with van der Waals surface area (Å²) in [6.45, 7) is 21.8. The van der Waals surface area contributed by atoms with E-state index in [-0.39, 0.29) is 47.3 Å². The third kappa shape index (κ3) is 3.59. The number of benzene rings is 1. The lowest BCUT2D eigenvalue weighted by molar-refractivity contribution is -0.343. The number of aromatic amines is 1. The minimum atomic E-state index is -1.10. The van der Waals surface area contributed by atoms with E-state index in [4.69, 9.17) is 23.7 Å². The molecule has 0 radical (unpaired) electrons. The minimum absolute atomic E-state index is 0.0456. The number of rotatable bonds is 1. The SMILES string of the molecule is CC(C)=C[C@H]1O[C@H]2[C@H]3O[C@@]34C(CC[C@@]3(C)[C@@]4(O)CCC4Cc5c([nH]c6ccc7c(c56)CC5C([C@H]7O)C(C)(C)OC5(C)C)[C@@]43C)O[C@@H]2C(C)(C)O1. The van der Waals surface area contributed by atoms with Crippen molar-refractivity contribution in [2.75, 3.05) is 0 Å². The van der Waals surface area contributed by atoms with Crippen LogP contribution in [0.15, 0.2) is 23.8 Å². The number of hydrogen-bond acceptors (Lipinski definition) is 7. The first-order chi connectivity index (χ1) is 23.3. The van der Waals surface area contributed by atoms with Crippen molar-refractivity contribution in [1.82, 2.24) is 4.98 Å². The van der Waals surface area contributed by atoms with Crippen LogP contribution in [0.2, 0.25) is 0 Å². The lowest BCUT2D eigenvalue weighted by Crippen LogP contribution is -2.77. The zero-order valence-corrected chi connectivity index (χ0v) is 31.6. The molecule has 1 aromatic carbocycles. The zero-order chi connectivity index (χ0) is 35.3. The van der Waals surface area contributed by atoms with Crippen molar-refractivity contribution in [2.24, 2.45) is 23.2 Å². The first-order valence-electron chi connectivity index (χ1n) is 19.4. The van der Waals surface area contributed by atoms with Crippen LogP contribution in [0.3, 0.4) is 0 Å². The molecule has 2 saturated carbocycles. The molecule has 3 N–H and O–H groups in total. The van der Waals surface area contributed by atoms with Crippen molar-refractivity contribution >= 4 is 10.9 Å². The fourth-order valence-electron chi connectivity index (χ4n) is 13.8. The summed E-state index contributed by atoms with van der Waals surface area (Å²) < 4.78 is 33.5. The Hall–Kier alpha value is -1.78. The van der Waals surface area contributed by atoms with Gasteiger partial charge in [0.05, 0.1) is 29.0 Å². The summed E-state index contributed by atoms with van der Waals surface area (Å²) in [6, 6.07) is 4.35. The molecule has 4 aliphatic heterocycles. The summed E-state index contributed by atoms with van der Waals surface area (Å²) in [4.78, 5) is 3.99. The number of hydrogen-bond donors (Lipinski definition) is 3. The molecule has 8 heteroatoms. The van der Waals surface area contributed by atoms with Gasteiger partial charge in [0.2, 0.25) is 0 Å². The molecule has 272 valence electrons. The van der Waals surface area contributed by atoms with Gasteiger partial charge in [0.15, 0.2) is 11.9 Å². The van der Waals surface area contributed by atoms with Crippen LogP contribution >= 0.6 is 0 Å². The number of aromatic nitrogens is 1. The summed E-state index contributed by atoms with van der Waals surface area (Å²) in [7, 11) is 0. The molecule has 8 aliphatic rings. The van der Waals surface area contributed by atoms with Gasteiger partial charge in [-0.15, -0.1) is 0 Å². The number of epoxide rings is 1. The van der Waals surface area contributed by atoms with E-state index in [2.05, 4.69) is 86.4 Å². The highest BCUT2D eigenvalue weighted by Crippen LogP contribution is 2.75. The molecule has 6 fully saturated rings. The van der Waals surface area contributed by atoms with Crippen molar-refractivity contribution in [1.29, 1.82) is 0 Å². The molecular weight excluding hydrogens is 630 g/mol. The smallest absolute Gasteiger partial charge is 0.178 e. The Labute approximate surface area is 296 Å². The zero-order valence-electron chi connectivity index (χ0n) is 31.6. The highest BCUT2D eigenvalue weighted by Gasteiger charge is 2.87. The maximum absolute atomic E-state index is 13.5. The normalized spacial score (nSPS) is 49.7. The summed E-state index contributed by atoms with van der Waals surface area (Å²) in [5.41, 5.74) is 3.34. The molecule has 5 heterocycles. The molecule has 0 amide bonds. The summed E-state index contributed by atoms with van der Waals surface area (Å²) >= 11 is 0. The molecule has 4 saturated heterocycles. The van der Waals surface area contributed by atoms with E-state index in [9.17, 15) is 10.2 Å². The first-order valence-corrected chi connectivity index (χ1v) is 19.4. The number of nitrogens with one attached hydrogen (secondary N) is 1. The Morgan fingerprint density at radius 3 is 2.36 bits per heavy atom. The average Bonchev–Trinajstić information content (AvgIpc) is 3.51. The maximum atomic E-state index is 13.5. The van der Waals surface area contributed by atoms with Crippen LogP contribution < -0.4 is 0 Å². The largest absolute Gasteiger partial charge is 0.388 e. The topological polar surface area (TPSA) is 106 Å². The van der Waals surface area contributed by atoms with E-state index in [0.29, 0.717) is 12.3 Å². The van der Waals surface area contributed by atoms with Gasteiger partial charge in [0.25, 0.3) is 0 Å². The Bertz CT molecular complexity index is 1850. The second kappa shape index (κ2) is 9.47. The summed E-state index contributed by atoms with van der Waals surface area (Å²) in [5, 5.41) is 26.7. The van der Waals surface area contributed by atoms with Gasteiger partial charge in [-0.2, -0.15) is 0 Å². The number of H-pyrrole nitrogens is 1. The Morgan fingerprint density at radius 2 is 1.62 bits per heavy atom. The Kier molecular flexibility index (Phi) is 6.22. The van der Waals surface area contributed by atoms with Crippen LogP contribution in [0.4, 0.5) is 0 Å². The predicted octanol–water partition coefficient (Wildman–Crippen LogP) is 6.72. The molecule has 1 aromatic heterocycles. The van der Waals surface area contributed by atoms with Gasteiger partial charge in [0.1, 0.15) is 23.9 Å². The van der Waals surface area contributed by atoms with Gasteiger partial charge >= 0.3 is 0 Å². The second-order valence-electron chi connectivity index (χ2n) is 19.8. The van der Waals surface area contributed by atoms with E-state index in [0.717, 1.165) is 48.8 Å². The van der Waals surface area contributed by atoms with E-state index >= 15 is 0 Å². The van der Waals surface area contributed by atoms with E-state index in [1.807, 2.05) is 6.08 Å². The predicted molar refractivity (Wildman–Crippen MR) is 189 cm³/mol. The van der Waals surface area contributed by atoms with Crippen molar-refractivity contribution in [3.8, 4) is 0 Å². The van der Waals surface area contributed by atoms with Crippen LogP contribution in [-0.4, -0.2) is 73.9 Å². The Balaban J connectivity index is 1.06. The van der Waals surface area contributed by atoms with Crippen molar-refractivity contribution in [3.05, 3.63) is 46.2 Å². The third-order valence-corrected chi connectivity index (χ3v) is 16.1. The molecule has 8 nitrogen and oxygen atoms in total. The van der Waals surface area contributed by atoms with Crippen LogP contribution in [0.25, 0.3) is 10.9 Å². The second-order valence-corrected chi connectivity index (χ2v) is 19.8. The molecule has 10 rings (SSSR count). The van der Waals surface area contributed by atoms with Crippen LogP contribution in [0.5, 0.6) is 0 Å². The quantitative estimate of drug-likeness (QED) is 0.226. The standard InChI is InChI=1S/C42H57NO7/c1-20(2)17-28-47-32-34(38(7,8)48-28)46-27-14-15-39(9)40(10)21(13-16-41(39,45)42(27)35(32)49-42)18-24-29-23-19-25-30(37(5,6)50-36(25,3)4)31(44)22(23)11-12-26(29)43-33(24)40/h11-12,17,21,25,27-28,30-32,34-35,43-45H,13-16,18-19H2,1-10H3/t21?,25?,27?,28-,30?,31-,32+,34-,35+,39+,40+,41-,42-/m0/s1. The number of aliphatic hydroxyl groups is 2. The van der Waals surface area contributed by atoms with Gasteiger partial charge in [0, 0.05) is 33.3 Å². The van der Waals surface area contributed by atoms with Gasteiger partial charge < -0.3 is 38.9 Å². The third-order valence-electron chi connectivity index (χ3n) is 16.1. The molecule has 50 heavy (non-hydrogen) atoms. The van der Waals surface area contributed by atoms with E-state index in [1.165, 1.54) is 22.2 Å². The molecule has 4 aliphatic carbocycles. The minimum Gasteiger partial charge on any atom is -0.388 e. The molecule has 4 unspecified atom stereocenters. The van der Waals surface area contributed by atoms with Crippen molar-refractivity contribution in [2.45, 2.75) is 178 Å². The Morgan fingerprint density at radius 1 is 0.860 bits per heavy atom. The molecular formula is C42H57NO7. The maximum Gasteiger partial charge on any atom is 0.178 e. The van der Waals surface area contributed by atoms with Gasteiger partial charge in [-0.1, -0.05) is 25.5 Å². The molecule has 2 aromatic rings. The van der Waals surface area contributed by atoms with Crippen LogP contribution in [-0.2, 0) is 41.9 Å². The monoisotopic (exact) mass is 687 g/mol. The number of allylic oxidation sites excluding steroid dienone is 1. The fraction of sp³-hybridized carbons (Fsp3) is 0.762. The lowest BCUT2D eigenvalue weighted by atomic mass is 9.40. The molecule has 13 atom stereocenters. The fourth-order valence-corrected chi connectivity index (χ4v) is 13.8. The summed E-state index contributed by atoms with van der Waals surface area (Å²) in [6.07, 6.45) is 5.04. The average molecular weight is 688 g/mol. The molecule has 0 bridgehead atoms. The van der Waals surface area contributed by atoms with E-state index in [1.54, 1.807) is 0 Å². The molecule has 1 spiro atoms. The van der Waals surface area contributed by atoms with Crippen LogP contribution in [0, 0.1) is 23.2 Å². The number of ether oxygens (including phenoxy) is 5. The first kappa shape index (κ1) is 32.8. The highest BCUT2D eigenvalue weighted by molar-refractivity contribution is 5.91.